The third-order valence-corrected chi connectivity index (χ3v) is 7.49. The van der Waals surface area contributed by atoms with E-state index in [0.29, 0.717) is 53.6 Å². The zero-order valence-electron chi connectivity index (χ0n) is 21.9. The molecule has 3 aromatic heterocycles. The van der Waals surface area contributed by atoms with Crippen molar-refractivity contribution in [2.24, 2.45) is 5.10 Å². The van der Waals surface area contributed by atoms with Crippen molar-refractivity contribution >= 4 is 56.5 Å². The minimum absolute atomic E-state index is 0.0276. The summed E-state index contributed by atoms with van der Waals surface area (Å²) >= 11 is 6.18. The average Bonchev–Trinajstić information content (AvgIpc) is 3.58. The number of fused-ring (bicyclic) bond motifs is 3. The van der Waals surface area contributed by atoms with E-state index in [4.69, 9.17) is 25.7 Å². The molecule has 0 saturated carbocycles. The van der Waals surface area contributed by atoms with Gasteiger partial charge in [0.2, 0.25) is 11.7 Å². The Morgan fingerprint density at radius 1 is 1.00 bits per heavy atom. The lowest BCUT2D eigenvalue weighted by Gasteiger charge is -2.27. The van der Waals surface area contributed by atoms with Gasteiger partial charge in [-0.05, 0) is 42.5 Å². The number of ether oxygens (including phenoxy) is 1. The summed E-state index contributed by atoms with van der Waals surface area (Å²) in [6.07, 6.45) is 3.51. The summed E-state index contributed by atoms with van der Waals surface area (Å²) in [7, 11) is 0. The number of rotatable bonds is 5. The third-order valence-electron chi connectivity index (χ3n) is 7.25. The molecule has 0 N–H and O–H groups in total. The van der Waals surface area contributed by atoms with Crippen LogP contribution in [0, 0.1) is 0 Å². The molecule has 1 fully saturated rings. The highest BCUT2D eigenvalue weighted by Gasteiger charge is 2.20. The predicted octanol–water partition coefficient (Wildman–Crippen LogP) is 5.16. The Labute approximate surface area is 238 Å². The number of hydrogen-bond donors (Lipinski definition) is 0. The van der Waals surface area contributed by atoms with Gasteiger partial charge in [-0.3, -0.25) is 9.59 Å². The smallest absolute Gasteiger partial charge is 0.282 e. The lowest BCUT2D eigenvalue weighted by atomic mass is 10.2. The molecule has 0 atom stereocenters. The lowest BCUT2D eigenvalue weighted by Crippen LogP contribution is -2.42. The minimum atomic E-state index is -0.327. The average molecular weight is 566 g/mol. The number of morpholine rings is 1. The number of furan rings is 1. The first kappa shape index (κ1) is 25.3. The molecule has 4 heterocycles. The molecule has 41 heavy (non-hydrogen) atoms. The van der Waals surface area contributed by atoms with Crippen LogP contribution in [0.3, 0.4) is 0 Å². The summed E-state index contributed by atoms with van der Waals surface area (Å²) < 4.78 is 14.6. The van der Waals surface area contributed by atoms with E-state index in [2.05, 4.69) is 5.10 Å². The highest BCUT2D eigenvalue weighted by atomic mass is 35.5. The Kier molecular flexibility index (Phi) is 6.37. The number of carbonyl (C=O) groups is 1. The van der Waals surface area contributed by atoms with Gasteiger partial charge in [0.1, 0.15) is 12.1 Å². The Morgan fingerprint density at radius 2 is 1.78 bits per heavy atom. The molecule has 10 heteroatoms. The van der Waals surface area contributed by atoms with Gasteiger partial charge in [0.25, 0.3) is 5.56 Å². The number of hydrogen-bond acceptors (Lipinski definition) is 6. The Bertz CT molecular complexity index is 2030. The first-order chi connectivity index (χ1) is 20.0. The van der Waals surface area contributed by atoms with Gasteiger partial charge in [-0.1, -0.05) is 41.9 Å². The molecular formula is C31H24ClN5O4. The number of halogens is 1. The molecule has 1 aliphatic rings. The van der Waals surface area contributed by atoms with Crippen LogP contribution in [0.4, 0.5) is 0 Å². The predicted molar refractivity (Wildman–Crippen MR) is 159 cm³/mol. The van der Waals surface area contributed by atoms with E-state index < -0.39 is 0 Å². The maximum Gasteiger partial charge on any atom is 0.282 e. The van der Waals surface area contributed by atoms with E-state index >= 15 is 0 Å². The van der Waals surface area contributed by atoms with Crippen molar-refractivity contribution < 1.29 is 13.9 Å². The SMILES string of the molecule is O=C(Cn1cc(C=Nn2c(-c3cc4cc(Cl)ccc4o3)nc3ccccc3c2=O)c2ccccc21)N1CCOCC1. The van der Waals surface area contributed by atoms with Gasteiger partial charge in [-0.15, -0.1) is 0 Å². The van der Waals surface area contributed by atoms with Gasteiger partial charge in [-0.2, -0.15) is 9.78 Å². The molecule has 1 aliphatic heterocycles. The van der Waals surface area contributed by atoms with Gasteiger partial charge in [-0.25, -0.2) is 4.98 Å². The van der Waals surface area contributed by atoms with E-state index in [1.165, 1.54) is 4.68 Å². The van der Waals surface area contributed by atoms with E-state index in [-0.39, 0.29) is 23.8 Å². The summed E-state index contributed by atoms with van der Waals surface area (Å²) in [5.41, 5.74) is 2.49. The lowest BCUT2D eigenvalue weighted by molar-refractivity contribution is -0.135. The van der Waals surface area contributed by atoms with Crippen molar-refractivity contribution in [2.45, 2.75) is 6.54 Å². The molecule has 7 rings (SSSR count). The molecule has 1 amide bonds. The fourth-order valence-corrected chi connectivity index (χ4v) is 5.38. The molecule has 0 bridgehead atoms. The first-order valence-electron chi connectivity index (χ1n) is 13.2. The standard InChI is InChI=1S/C31H24ClN5O4/c32-22-9-10-27-20(15-22)16-28(41-27)30-34-25-7-3-1-6-24(25)31(39)37(30)33-17-21-18-36(26-8-4-2-5-23(21)26)19-29(38)35-11-13-40-14-12-35/h1-10,15-18H,11-14,19H2. The molecular weight excluding hydrogens is 542 g/mol. The minimum Gasteiger partial charge on any atom is -0.453 e. The molecule has 1 saturated heterocycles. The zero-order chi connectivity index (χ0) is 27.9. The molecule has 6 aromatic rings. The highest BCUT2D eigenvalue weighted by molar-refractivity contribution is 6.31. The fraction of sp³-hybridized carbons (Fsp3) is 0.161. The molecule has 3 aromatic carbocycles. The van der Waals surface area contributed by atoms with Gasteiger partial charge >= 0.3 is 0 Å². The van der Waals surface area contributed by atoms with Crippen molar-refractivity contribution in [3.05, 3.63) is 99.9 Å². The summed E-state index contributed by atoms with van der Waals surface area (Å²) in [4.78, 5) is 33.3. The Morgan fingerprint density at radius 3 is 2.63 bits per heavy atom. The first-order valence-corrected chi connectivity index (χ1v) is 13.6. The second kappa shape index (κ2) is 10.3. The van der Waals surface area contributed by atoms with Crippen molar-refractivity contribution in [1.29, 1.82) is 0 Å². The van der Waals surface area contributed by atoms with Crippen molar-refractivity contribution in [3.63, 3.8) is 0 Å². The monoisotopic (exact) mass is 565 g/mol. The highest BCUT2D eigenvalue weighted by Crippen LogP contribution is 2.29. The number of carbonyl (C=O) groups excluding carboxylic acids is 1. The number of benzene rings is 3. The summed E-state index contributed by atoms with van der Waals surface area (Å²) in [5.74, 6) is 0.684. The van der Waals surface area contributed by atoms with E-state index in [1.807, 2.05) is 46.0 Å². The fourth-order valence-electron chi connectivity index (χ4n) is 5.20. The van der Waals surface area contributed by atoms with Crippen LogP contribution in [0.25, 0.3) is 44.4 Å². The number of nitrogens with zero attached hydrogens (tertiary/aromatic N) is 5. The summed E-state index contributed by atoms with van der Waals surface area (Å²) in [6.45, 7) is 2.46. The number of para-hydroxylation sites is 2. The molecule has 9 nitrogen and oxygen atoms in total. The van der Waals surface area contributed by atoms with E-state index in [9.17, 15) is 9.59 Å². The molecule has 0 unspecified atom stereocenters. The topological polar surface area (TPSA) is 94.9 Å². The number of amides is 1. The van der Waals surface area contributed by atoms with Crippen LogP contribution in [0.1, 0.15) is 5.56 Å². The van der Waals surface area contributed by atoms with Gasteiger partial charge in [0, 0.05) is 46.2 Å². The summed E-state index contributed by atoms with van der Waals surface area (Å²) in [6, 6.07) is 22.1. The number of aromatic nitrogens is 3. The second-order valence-electron chi connectivity index (χ2n) is 9.83. The zero-order valence-corrected chi connectivity index (χ0v) is 22.6. The van der Waals surface area contributed by atoms with Crippen LogP contribution in [-0.4, -0.2) is 57.6 Å². The van der Waals surface area contributed by atoms with Crippen LogP contribution >= 0.6 is 11.6 Å². The molecule has 204 valence electrons. The van der Waals surface area contributed by atoms with Crippen LogP contribution in [0.2, 0.25) is 5.02 Å². The van der Waals surface area contributed by atoms with E-state index in [0.717, 1.165) is 21.9 Å². The van der Waals surface area contributed by atoms with Crippen LogP contribution in [0.15, 0.2) is 93.3 Å². The van der Waals surface area contributed by atoms with Gasteiger partial charge in [0.15, 0.2) is 5.76 Å². The maximum atomic E-state index is 13.7. The second-order valence-corrected chi connectivity index (χ2v) is 10.3. The normalized spacial score (nSPS) is 14.1. The van der Waals surface area contributed by atoms with Crippen LogP contribution in [-0.2, 0) is 16.1 Å². The van der Waals surface area contributed by atoms with Gasteiger partial charge < -0.3 is 18.6 Å². The molecule has 0 spiro atoms. The van der Waals surface area contributed by atoms with Crippen LogP contribution in [0.5, 0.6) is 0 Å². The Balaban J connectivity index is 1.33. The van der Waals surface area contributed by atoms with Crippen molar-refractivity contribution in [1.82, 2.24) is 19.1 Å². The van der Waals surface area contributed by atoms with Gasteiger partial charge in [0.05, 0.1) is 30.3 Å². The third kappa shape index (κ3) is 4.69. The largest absolute Gasteiger partial charge is 0.453 e. The quantitative estimate of drug-likeness (QED) is 0.269. The van der Waals surface area contributed by atoms with Crippen molar-refractivity contribution in [3.8, 4) is 11.6 Å². The maximum absolute atomic E-state index is 13.7. The Hall–Kier alpha value is -4.73. The van der Waals surface area contributed by atoms with E-state index in [1.54, 1.807) is 48.7 Å². The van der Waals surface area contributed by atoms with Crippen molar-refractivity contribution in [2.75, 3.05) is 26.3 Å². The van der Waals surface area contributed by atoms with Crippen LogP contribution < -0.4 is 5.56 Å². The molecule has 0 aliphatic carbocycles. The summed E-state index contributed by atoms with van der Waals surface area (Å²) in [5, 5.41) is 7.34. The molecule has 0 radical (unpaired) electrons.